The molecule has 124 valence electrons. The van der Waals surface area contributed by atoms with Crippen LogP contribution in [0.4, 0.5) is 0 Å². The Bertz CT molecular complexity index is 641. The molecular weight excluding hydrogens is 316 g/mol. The van der Waals surface area contributed by atoms with Crippen LogP contribution in [0.1, 0.15) is 18.9 Å². The third kappa shape index (κ3) is 3.90. The Morgan fingerprint density at radius 2 is 2.04 bits per heavy atom. The second kappa shape index (κ2) is 7.40. The van der Waals surface area contributed by atoms with Crippen molar-refractivity contribution in [3.05, 3.63) is 35.2 Å². The summed E-state index contributed by atoms with van der Waals surface area (Å²) >= 11 is 6.00. The van der Waals surface area contributed by atoms with Gasteiger partial charge in [0.2, 0.25) is 11.8 Å². The van der Waals surface area contributed by atoms with Gasteiger partial charge in [0, 0.05) is 43.3 Å². The van der Waals surface area contributed by atoms with Crippen molar-refractivity contribution in [2.45, 2.75) is 13.0 Å². The van der Waals surface area contributed by atoms with Crippen molar-refractivity contribution in [2.75, 3.05) is 39.3 Å². The van der Waals surface area contributed by atoms with Crippen LogP contribution in [0.15, 0.2) is 28.7 Å². The van der Waals surface area contributed by atoms with E-state index in [1.807, 2.05) is 24.3 Å². The van der Waals surface area contributed by atoms with Gasteiger partial charge in [0.05, 0.1) is 12.6 Å². The summed E-state index contributed by atoms with van der Waals surface area (Å²) in [6.45, 7) is 6.77. The summed E-state index contributed by atoms with van der Waals surface area (Å²) in [5.74, 6) is 1.11. The average Bonchev–Trinajstić information content (AvgIpc) is 3.05. The number of aliphatic hydroxyl groups is 1. The lowest BCUT2D eigenvalue weighted by Crippen LogP contribution is -2.47. The van der Waals surface area contributed by atoms with Crippen LogP contribution < -0.4 is 0 Å². The molecule has 0 saturated carbocycles. The summed E-state index contributed by atoms with van der Waals surface area (Å²) in [4.78, 5) is 4.58. The number of aromatic nitrogens is 2. The highest BCUT2D eigenvalue weighted by Crippen LogP contribution is 2.26. The second-order valence-corrected chi connectivity index (χ2v) is 6.17. The van der Waals surface area contributed by atoms with Crippen LogP contribution in [-0.4, -0.2) is 64.4 Å². The van der Waals surface area contributed by atoms with Gasteiger partial charge in [-0.2, -0.15) is 0 Å². The Labute approximate surface area is 140 Å². The molecule has 0 aliphatic carbocycles. The van der Waals surface area contributed by atoms with Crippen LogP contribution in [0.2, 0.25) is 5.02 Å². The highest BCUT2D eigenvalue weighted by atomic mass is 35.5. The van der Waals surface area contributed by atoms with Crippen molar-refractivity contribution in [1.82, 2.24) is 20.0 Å². The molecule has 1 aliphatic rings. The molecule has 7 heteroatoms. The van der Waals surface area contributed by atoms with Crippen molar-refractivity contribution in [3.8, 4) is 11.5 Å². The highest BCUT2D eigenvalue weighted by Gasteiger charge is 2.25. The minimum atomic E-state index is 0.0757. The van der Waals surface area contributed by atoms with E-state index in [1.165, 1.54) is 0 Å². The number of rotatable bonds is 5. The smallest absolute Gasteiger partial charge is 0.247 e. The quantitative estimate of drug-likeness (QED) is 0.901. The van der Waals surface area contributed by atoms with Crippen molar-refractivity contribution >= 4 is 11.6 Å². The Morgan fingerprint density at radius 3 is 2.74 bits per heavy atom. The molecule has 1 aromatic heterocycles. The predicted molar refractivity (Wildman–Crippen MR) is 88.3 cm³/mol. The maximum atomic E-state index is 9.00. The molecule has 2 heterocycles. The number of β-amino-alcohol motifs (C(OH)–C–C–N with tert-alkyl or cyclic N) is 1. The van der Waals surface area contributed by atoms with Gasteiger partial charge in [-0.05, 0) is 25.1 Å². The van der Waals surface area contributed by atoms with Crippen LogP contribution >= 0.6 is 11.6 Å². The lowest BCUT2D eigenvalue weighted by molar-refractivity contribution is 0.0802. The lowest BCUT2D eigenvalue weighted by atomic mass is 10.2. The van der Waals surface area contributed by atoms with Crippen molar-refractivity contribution in [3.63, 3.8) is 0 Å². The second-order valence-electron chi connectivity index (χ2n) is 5.73. The zero-order chi connectivity index (χ0) is 16.2. The molecule has 1 atom stereocenters. The van der Waals surface area contributed by atoms with E-state index in [2.05, 4.69) is 26.9 Å². The Kier molecular flexibility index (Phi) is 5.27. The van der Waals surface area contributed by atoms with Crippen molar-refractivity contribution in [2.24, 2.45) is 0 Å². The van der Waals surface area contributed by atoms with Gasteiger partial charge in [0.1, 0.15) is 0 Å². The number of nitrogens with zero attached hydrogens (tertiary/aromatic N) is 4. The summed E-state index contributed by atoms with van der Waals surface area (Å²) in [5.41, 5.74) is 0.830. The fraction of sp³-hybridized carbons (Fsp3) is 0.500. The zero-order valence-electron chi connectivity index (χ0n) is 13.2. The molecule has 6 nitrogen and oxygen atoms in total. The summed E-state index contributed by atoms with van der Waals surface area (Å²) in [5, 5.41) is 18.0. The summed E-state index contributed by atoms with van der Waals surface area (Å²) in [6.07, 6.45) is 0. The Hall–Kier alpha value is -1.47. The molecule has 0 amide bonds. The summed E-state index contributed by atoms with van der Waals surface area (Å²) in [7, 11) is 0. The number of aliphatic hydroxyl groups excluding tert-OH is 1. The number of hydrogen-bond donors (Lipinski definition) is 1. The van der Waals surface area contributed by atoms with Gasteiger partial charge in [0.15, 0.2) is 0 Å². The topological polar surface area (TPSA) is 65.6 Å². The molecule has 0 unspecified atom stereocenters. The van der Waals surface area contributed by atoms with Gasteiger partial charge in [-0.15, -0.1) is 10.2 Å². The third-order valence-electron chi connectivity index (χ3n) is 4.24. The average molecular weight is 337 g/mol. The van der Waals surface area contributed by atoms with Crippen LogP contribution in [-0.2, 0) is 0 Å². The number of halogens is 1. The maximum Gasteiger partial charge on any atom is 0.247 e. The fourth-order valence-electron chi connectivity index (χ4n) is 2.81. The molecule has 1 fully saturated rings. The van der Waals surface area contributed by atoms with E-state index in [0.29, 0.717) is 16.8 Å². The van der Waals surface area contributed by atoms with Gasteiger partial charge in [-0.1, -0.05) is 17.7 Å². The molecule has 0 spiro atoms. The van der Waals surface area contributed by atoms with Crippen molar-refractivity contribution in [1.29, 1.82) is 0 Å². The summed E-state index contributed by atoms with van der Waals surface area (Å²) in [6, 6.07) is 7.48. The standard InChI is InChI=1S/C16H21ClN4O2/c1-12(21-7-5-20(6-8-21)9-10-22)15-18-19-16(23-15)13-3-2-4-14(17)11-13/h2-4,11-12,22H,5-10H2,1H3/t12-/m0/s1. The van der Waals surface area contributed by atoms with Gasteiger partial charge in [-0.25, -0.2) is 0 Å². The minimum absolute atomic E-state index is 0.0757. The van der Waals surface area contributed by atoms with Gasteiger partial charge >= 0.3 is 0 Å². The molecule has 0 bridgehead atoms. The van der Waals surface area contributed by atoms with Crippen LogP contribution in [0, 0.1) is 0 Å². The van der Waals surface area contributed by atoms with Gasteiger partial charge in [0.25, 0.3) is 0 Å². The predicted octanol–water partition coefficient (Wildman–Crippen LogP) is 2.06. The van der Waals surface area contributed by atoms with E-state index < -0.39 is 0 Å². The molecule has 0 radical (unpaired) electrons. The third-order valence-corrected chi connectivity index (χ3v) is 4.48. The molecule has 23 heavy (non-hydrogen) atoms. The molecule has 2 aromatic rings. The molecule has 1 aliphatic heterocycles. The van der Waals surface area contributed by atoms with Crippen LogP contribution in [0.3, 0.4) is 0 Å². The molecule has 1 aromatic carbocycles. The highest BCUT2D eigenvalue weighted by molar-refractivity contribution is 6.30. The Balaban J connectivity index is 1.66. The lowest BCUT2D eigenvalue weighted by Gasteiger charge is -2.36. The largest absolute Gasteiger partial charge is 0.419 e. The molecule has 1 saturated heterocycles. The van der Waals surface area contributed by atoms with E-state index in [0.717, 1.165) is 38.3 Å². The van der Waals surface area contributed by atoms with Crippen LogP contribution in [0.25, 0.3) is 11.5 Å². The number of hydrogen-bond acceptors (Lipinski definition) is 6. The summed E-state index contributed by atoms with van der Waals surface area (Å²) < 4.78 is 5.84. The SMILES string of the molecule is C[C@@H](c1nnc(-c2cccc(Cl)c2)o1)N1CCN(CCO)CC1. The monoisotopic (exact) mass is 336 g/mol. The molecular formula is C16H21ClN4O2. The first-order valence-electron chi connectivity index (χ1n) is 7.84. The minimum Gasteiger partial charge on any atom is -0.419 e. The first-order chi connectivity index (χ1) is 11.2. The van der Waals surface area contributed by atoms with E-state index in [1.54, 1.807) is 0 Å². The number of piperazine rings is 1. The van der Waals surface area contributed by atoms with Gasteiger partial charge < -0.3 is 9.52 Å². The first-order valence-corrected chi connectivity index (χ1v) is 8.22. The Morgan fingerprint density at radius 1 is 1.26 bits per heavy atom. The van der Waals surface area contributed by atoms with Gasteiger partial charge in [-0.3, -0.25) is 9.80 Å². The number of benzene rings is 1. The maximum absolute atomic E-state index is 9.00. The van der Waals surface area contributed by atoms with Crippen molar-refractivity contribution < 1.29 is 9.52 Å². The van der Waals surface area contributed by atoms with E-state index in [9.17, 15) is 0 Å². The van der Waals surface area contributed by atoms with E-state index >= 15 is 0 Å². The molecule has 1 N–H and O–H groups in total. The normalized spacial score (nSPS) is 18.2. The van der Waals surface area contributed by atoms with E-state index in [4.69, 9.17) is 21.1 Å². The van der Waals surface area contributed by atoms with E-state index in [-0.39, 0.29) is 12.6 Å². The van der Waals surface area contributed by atoms with Crippen LogP contribution in [0.5, 0.6) is 0 Å². The molecule has 3 rings (SSSR count). The fourth-order valence-corrected chi connectivity index (χ4v) is 3.00. The zero-order valence-corrected chi connectivity index (χ0v) is 13.9. The first kappa shape index (κ1) is 16.4.